The molecule has 4 aromatic rings. The highest BCUT2D eigenvalue weighted by Gasteiger charge is 2.29. The Labute approximate surface area is 163 Å². The summed E-state index contributed by atoms with van der Waals surface area (Å²) >= 11 is 6.13. The van der Waals surface area contributed by atoms with Gasteiger partial charge in [0.2, 0.25) is 5.88 Å². The van der Waals surface area contributed by atoms with Crippen molar-refractivity contribution in [3.05, 3.63) is 53.3 Å². The molecule has 0 fully saturated rings. The molecular weight excluding hydrogens is 382 g/mol. The normalized spacial score (nSPS) is 14.1. The van der Waals surface area contributed by atoms with Crippen molar-refractivity contribution in [1.29, 1.82) is 0 Å². The molecule has 9 nitrogen and oxygen atoms in total. The van der Waals surface area contributed by atoms with Crippen molar-refractivity contribution in [1.82, 2.24) is 29.7 Å². The van der Waals surface area contributed by atoms with Crippen LogP contribution in [0.5, 0.6) is 5.88 Å². The number of ether oxygens (including phenoxy) is 1. The number of aromatic amines is 1. The zero-order valence-electron chi connectivity index (χ0n) is 14.8. The number of H-pyrrole nitrogens is 1. The molecule has 0 unspecified atom stereocenters. The standard InChI is InChI=1S/C18H14ClN7O2/c1-10-22-18(24-23-10)26-5-4-11-8-12(2-3-13(11)26)25-6-7-28-16-14(17(25)27)15(19)20-9-21-16/h2-5,8-9H,6-7H2,1H3,(H,22,23,24). The maximum Gasteiger partial charge on any atom is 0.267 e. The number of rotatable bonds is 2. The molecule has 1 N–H and O–H groups in total. The number of hydrogen-bond acceptors (Lipinski definition) is 6. The molecule has 28 heavy (non-hydrogen) atoms. The number of aryl methyl sites for hydroxylation is 1. The maximum absolute atomic E-state index is 13.1. The summed E-state index contributed by atoms with van der Waals surface area (Å²) in [6, 6.07) is 7.69. The summed E-state index contributed by atoms with van der Waals surface area (Å²) in [4.78, 5) is 27.0. The van der Waals surface area contributed by atoms with E-state index < -0.39 is 0 Å². The van der Waals surface area contributed by atoms with Crippen molar-refractivity contribution >= 4 is 34.1 Å². The van der Waals surface area contributed by atoms with Gasteiger partial charge in [-0.3, -0.25) is 14.5 Å². The van der Waals surface area contributed by atoms with Crippen LogP contribution in [-0.4, -0.2) is 48.8 Å². The molecule has 4 heterocycles. The predicted octanol–water partition coefficient (Wildman–Crippen LogP) is 2.54. The Hall–Kier alpha value is -3.46. The van der Waals surface area contributed by atoms with E-state index in [2.05, 4.69) is 25.1 Å². The summed E-state index contributed by atoms with van der Waals surface area (Å²) in [5.74, 6) is 1.22. The third-order valence-electron chi connectivity index (χ3n) is 4.57. The average Bonchev–Trinajstić information content (AvgIpc) is 3.25. The van der Waals surface area contributed by atoms with Gasteiger partial charge in [0.15, 0.2) is 0 Å². The Morgan fingerprint density at radius 3 is 2.96 bits per heavy atom. The molecular formula is C18H14ClN7O2. The van der Waals surface area contributed by atoms with E-state index in [4.69, 9.17) is 16.3 Å². The number of nitrogens with one attached hydrogen (secondary N) is 1. The lowest BCUT2D eigenvalue weighted by atomic mass is 10.2. The van der Waals surface area contributed by atoms with E-state index >= 15 is 0 Å². The minimum absolute atomic E-state index is 0.0779. The van der Waals surface area contributed by atoms with Gasteiger partial charge in [-0.05, 0) is 31.2 Å². The van der Waals surface area contributed by atoms with Gasteiger partial charge >= 0.3 is 0 Å². The fraction of sp³-hybridized carbons (Fsp3) is 0.167. The van der Waals surface area contributed by atoms with Crippen LogP contribution in [0, 0.1) is 6.92 Å². The molecule has 3 aromatic heterocycles. The van der Waals surface area contributed by atoms with E-state index in [1.54, 1.807) is 4.90 Å². The van der Waals surface area contributed by atoms with E-state index in [0.717, 1.165) is 22.4 Å². The Morgan fingerprint density at radius 2 is 2.14 bits per heavy atom. The quantitative estimate of drug-likeness (QED) is 0.523. The van der Waals surface area contributed by atoms with Crippen molar-refractivity contribution in [2.45, 2.75) is 6.92 Å². The molecule has 5 rings (SSSR count). The van der Waals surface area contributed by atoms with Crippen LogP contribution in [0.4, 0.5) is 5.69 Å². The monoisotopic (exact) mass is 395 g/mol. The highest BCUT2D eigenvalue weighted by molar-refractivity contribution is 6.33. The molecule has 10 heteroatoms. The number of amides is 1. The van der Waals surface area contributed by atoms with Crippen molar-refractivity contribution in [2.75, 3.05) is 18.1 Å². The number of halogens is 1. The lowest BCUT2D eigenvalue weighted by Crippen LogP contribution is -2.32. The molecule has 1 aromatic carbocycles. The molecule has 0 atom stereocenters. The summed E-state index contributed by atoms with van der Waals surface area (Å²) in [6.07, 6.45) is 3.17. The van der Waals surface area contributed by atoms with E-state index in [1.165, 1.54) is 6.33 Å². The average molecular weight is 396 g/mol. The number of anilines is 1. The first-order chi connectivity index (χ1) is 13.6. The van der Waals surface area contributed by atoms with Gasteiger partial charge in [-0.2, -0.15) is 4.98 Å². The van der Waals surface area contributed by atoms with Gasteiger partial charge in [0, 0.05) is 17.3 Å². The number of hydrogen-bond donors (Lipinski definition) is 1. The zero-order chi connectivity index (χ0) is 19.3. The van der Waals surface area contributed by atoms with Crippen molar-refractivity contribution < 1.29 is 9.53 Å². The number of nitrogens with zero attached hydrogens (tertiary/aromatic N) is 6. The summed E-state index contributed by atoms with van der Waals surface area (Å²) < 4.78 is 7.47. The third kappa shape index (κ3) is 2.59. The largest absolute Gasteiger partial charge is 0.475 e. The molecule has 0 spiro atoms. The summed E-state index contributed by atoms with van der Waals surface area (Å²) in [7, 11) is 0. The van der Waals surface area contributed by atoms with Gasteiger partial charge in [0.05, 0.1) is 12.1 Å². The SMILES string of the molecule is Cc1nc(-n2ccc3cc(N4CCOc5ncnc(Cl)c5C4=O)ccc32)n[nH]1. The van der Waals surface area contributed by atoms with Crippen LogP contribution in [0.2, 0.25) is 5.15 Å². The number of aromatic nitrogens is 6. The zero-order valence-corrected chi connectivity index (χ0v) is 15.5. The van der Waals surface area contributed by atoms with Crippen LogP contribution < -0.4 is 9.64 Å². The lowest BCUT2D eigenvalue weighted by molar-refractivity contribution is 0.0989. The number of carbonyl (C=O) groups is 1. The van der Waals surface area contributed by atoms with Crippen LogP contribution in [0.1, 0.15) is 16.2 Å². The first-order valence-corrected chi connectivity index (χ1v) is 8.95. The van der Waals surface area contributed by atoms with Crippen LogP contribution in [-0.2, 0) is 0 Å². The highest BCUT2D eigenvalue weighted by atomic mass is 35.5. The van der Waals surface area contributed by atoms with Crippen LogP contribution in [0.25, 0.3) is 16.9 Å². The Balaban J connectivity index is 1.56. The predicted molar refractivity (Wildman–Crippen MR) is 102 cm³/mol. The molecule has 1 aliphatic rings. The summed E-state index contributed by atoms with van der Waals surface area (Å²) in [5, 5.41) is 8.07. The number of fused-ring (bicyclic) bond motifs is 2. The molecule has 1 aliphatic heterocycles. The molecule has 0 bridgehead atoms. The molecule has 140 valence electrons. The fourth-order valence-corrected chi connectivity index (χ4v) is 3.47. The number of carbonyl (C=O) groups excluding carboxylic acids is 1. The van der Waals surface area contributed by atoms with Crippen LogP contribution >= 0.6 is 11.6 Å². The van der Waals surface area contributed by atoms with Gasteiger partial charge < -0.3 is 9.64 Å². The first kappa shape index (κ1) is 16.7. The van der Waals surface area contributed by atoms with Gasteiger partial charge in [-0.25, -0.2) is 9.97 Å². The minimum Gasteiger partial charge on any atom is -0.475 e. The van der Waals surface area contributed by atoms with E-state index in [-0.39, 0.29) is 22.5 Å². The molecule has 0 saturated carbocycles. The van der Waals surface area contributed by atoms with Crippen molar-refractivity contribution in [2.24, 2.45) is 0 Å². The smallest absolute Gasteiger partial charge is 0.267 e. The van der Waals surface area contributed by atoms with E-state index in [9.17, 15) is 4.79 Å². The topological polar surface area (TPSA) is 102 Å². The molecule has 0 radical (unpaired) electrons. The van der Waals surface area contributed by atoms with Gasteiger partial charge in [0.25, 0.3) is 11.9 Å². The Morgan fingerprint density at radius 1 is 1.25 bits per heavy atom. The number of benzene rings is 1. The molecule has 0 saturated heterocycles. The summed E-state index contributed by atoms with van der Waals surface area (Å²) in [5.41, 5.74) is 1.84. The lowest BCUT2D eigenvalue weighted by Gasteiger charge is -2.20. The van der Waals surface area contributed by atoms with Crippen LogP contribution in [0.3, 0.4) is 0 Å². The first-order valence-electron chi connectivity index (χ1n) is 8.57. The van der Waals surface area contributed by atoms with E-state index in [0.29, 0.717) is 19.1 Å². The second-order valence-corrected chi connectivity index (χ2v) is 6.66. The molecule has 0 aliphatic carbocycles. The Bertz CT molecular complexity index is 1220. The van der Waals surface area contributed by atoms with Crippen molar-refractivity contribution in [3.8, 4) is 11.8 Å². The second kappa shape index (κ2) is 6.31. The molecule has 1 amide bonds. The van der Waals surface area contributed by atoms with Gasteiger partial charge in [-0.15, -0.1) is 5.10 Å². The van der Waals surface area contributed by atoms with Crippen molar-refractivity contribution in [3.63, 3.8) is 0 Å². The Kier molecular flexibility index (Phi) is 3.76. The second-order valence-electron chi connectivity index (χ2n) is 6.30. The van der Waals surface area contributed by atoms with Gasteiger partial charge in [0.1, 0.15) is 29.5 Å². The van der Waals surface area contributed by atoms with Crippen LogP contribution in [0.15, 0.2) is 36.8 Å². The van der Waals surface area contributed by atoms with E-state index in [1.807, 2.05) is 42.0 Å². The van der Waals surface area contributed by atoms with Gasteiger partial charge in [-0.1, -0.05) is 11.6 Å². The summed E-state index contributed by atoms with van der Waals surface area (Å²) in [6.45, 7) is 2.53. The third-order valence-corrected chi connectivity index (χ3v) is 4.85. The fourth-order valence-electron chi connectivity index (χ4n) is 3.27. The highest BCUT2D eigenvalue weighted by Crippen LogP contribution is 2.30. The minimum atomic E-state index is -0.290. The maximum atomic E-state index is 13.1.